The minimum Gasteiger partial charge on any atom is -0.392 e. The number of aliphatic hydroxyl groups is 1. The first-order chi connectivity index (χ1) is 8.93. The molecule has 0 heterocycles. The molecule has 0 aliphatic rings. The average Bonchev–Trinajstić information content (AvgIpc) is 2.33. The number of benzene rings is 1. The molecule has 0 fully saturated rings. The van der Waals surface area contributed by atoms with Crippen LogP contribution in [0.2, 0.25) is 0 Å². The van der Waals surface area contributed by atoms with Crippen LogP contribution < -0.4 is 10.6 Å². The average molecular weight is 272 g/mol. The maximum absolute atomic E-state index is 13.6. The number of rotatable bonds is 6. The molecule has 1 atom stereocenters. The first kappa shape index (κ1) is 15.5. The molecule has 0 aliphatic carbocycles. The fourth-order valence-corrected chi connectivity index (χ4v) is 1.53. The lowest BCUT2D eigenvalue weighted by atomic mass is 10.1. The third kappa shape index (κ3) is 4.57. The molecule has 1 aromatic rings. The van der Waals surface area contributed by atoms with Crippen molar-refractivity contribution in [2.75, 3.05) is 19.6 Å². The molecule has 0 saturated heterocycles. The van der Waals surface area contributed by atoms with Crippen molar-refractivity contribution in [2.45, 2.75) is 20.0 Å². The van der Waals surface area contributed by atoms with E-state index in [1.54, 1.807) is 6.92 Å². The van der Waals surface area contributed by atoms with E-state index in [4.69, 9.17) is 5.11 Å². The summed E-state index contributed by atoms with van der Waals surface area (Å²) in [6.45, 7) is 4.12. The van der Waals surface area contributed by atoms with E-state index < -0.39 is 29.2 Å². The van der Waals surface area contributed by atoms with Gasteiger partial charge in [-0.25, -0.2) is 8.78 Å². The second-order valence-electron chi connectivity index (χ2n) is 4.36. The number of aliphatic hydroxyl groups excluding tert-OH is 1. The van der Waals surface area contributed by atoms with Crippen molar-refractivity contribution in [2.24, 2.45) is 0 Å². The quantitative estimate of drug-likeness (QED) is 0.676. The molecule has 1 rings (SSSR count). The van der Waals surface area contributed by atoms with Crippen LogP contribution in [0.15, 0.2) is 12.1 Å². The van der Waals surface area contributed by atoms with Gasteiger partial charge >= 0.3 is 0 Å². The summed E-state index contributed by atoms with van der Waals surface area (Å²) in [5.74, 6) is -2.50. The van der Waals surface area contributed by atoms with Crippen LogP contribution in [0, 0.1) is 18.6 Å². The number of carbonyl (C=O) groups is 1. The second kappa shape index (κ2) is 7.16. The van der Waals surface area contributed by atoms with Crippen LogP contribution in [-0.2, 0) is 0 Å². The summed E-state index contributed by atoms with van der Waals surface area (Å²) in [6, 6.07) is 2.35. The predicted molar refractivity (Wildman–Crippen MR) is 68.0 cm³/mol. The van der Waals surface area contributed by atoms with Gasteiger partial charge in [-0.15, -0.1) is 0 Å². The van der Waals surface area contributed by atoms with Gasteiger partial charge in [0.1, 0.15) is 17.2 Å². The van der Waals surface area contributed by atoms with E-state index in [-0.39, 0.29) is 12.1 Å². The van der Waals surface area contributed by atoms with Crippen LogP contribution in [0.5, 0.6) is 0 Å². The van der Waals surface area contributed by atoms with Gasteiger partial charge in [0.15, 0.2) is 0 Å². The fraction of sp³-hybridized carbons (Fsp3) is 0.462. The Morgan fingerprint density at radius 2 is 2.05 bits per heavy atom. The highest BCUT2D eigenvalue weighted by Crippen LogP contribution is 2.15. The van der Waals surface area contributed by atoms with Gasteiger partial charge in [-0.3, -0.25) is 4.79 Å². The van der Waals surface area contributed by atoms with Crippen molar-refractivity contribution < 1.29 is 18.7 Å². The van der Waals surface area contributed by atoms with Gasteiger partial charge in [-0.1, -0.05) is 6.07 Å². The number of aryl methyl sites for hydroxylation is 1. The maximum atomic E-state index is 13.6. The maximum Gasteiger partial charge on any atom is 0.257 e. The molecule has 0 radical (unpaired) electrons. The summed E-state index contributed by atoms with van der Waals surface area (Å²) in [6.07, 6.45) is -0.484. The molecular formula is C13H18F2N2O2. The summed E-state index contributed by atoms with van der Waals surface area (Å²) >= 11 is 0. The third-order valence-corrected chi connectivity index (χ3v) is 2.54. The third-order valence-electron chi connectivity index (χ3n) is 2.54. The summed E-state index contributed by atoms with van der Waals surface area (Å²) in [5.41, 5.74) is -0.339. The van der Waals surface area contributed by atoms with Crippen molar-refractivity contribution in [1.29, 1.82) is 0 Å². The summed E-state index contributed by atoms with van der Waals surface area (Å²) in [7, 11) is 0. The molecule has 0 bridgehead atoms. The van der Waals surface area contributed by atoms with E-state index >= 15 is 0 Å². The largest absolute Gasteiger partial charge is 0.392 e. The minimum atomic E-state index is -0.877. The molecule has 0 saturated carbocycles. The molecule has 4 nitrogen and oxygen atoms in total. The lowest BCUT2D eigenvalue weighted by Gasteiger charge is -2.10. The Hall–Kier alpha value is -1.53. The normalized spacial score (nSPS) is 12.3. The van der Waals surface area contributed by atoms with Crippen molar-refractivity contribution in [1.82, 2.24) is 10.6 Å². The summed E-state index contributed by atoms with van der Waals surface area (Å²) in [5, 5.41) is 14.3. The van der Waals surface area contributed by atoms with Crippen LogP contribution in [0.1, 0.15) is 22.8 Å². The van der Waals surface area contributed by atoms with E-state index in [1.165, 1.54) is 13.0 Å². The minimum absolute atomic E-state index is 0.221. The zero-order valence-electron chi connectivity index (χ0n) is 11.0. The van der Waals surface area contributed by atoms with E-state index in [2.05, 4.69) is 10.6 Å². The molecule has 1 aromatic carbocycles. The number of carbonyl (C=O) groups excluding carboxylic acids is 1. The van der Waals surface area contributed by atoms with Gasteiger partial charge in [0.2, 0.25) is 0 Å². The smallest absolute Gasteiger partial charge is 0.257 e. The number of amides is 1. The first-order valence-corrected chi connectivity index (χ1v) is 6.05. The van der Waals surface area contributed by atoms with Crippen molar-refractivity contribution in [3.63, 3.8) is 0 Å². The lowest BCUT2D eigenvalue weighted by molar-refractivity contribution is 0.0945. The zero-order valence-corrected chi connectivity index (χ0v) is 11.0. The van der Waals surface area contributed by atoms with E-state index in [0.29, 0.717) is 13.1 Å². The van der Waals surface area contributed by atoms with Gasteiger partial charge in [-0.2, -0.15) is 0 Å². The van der Waals surface area contributed by atoms with Gasteiger partial charge in [-0.05, 0) is 25.5 Å². The standard InChI is InChI=1S/C13H18F2N2O2/c1-8-3-4-10(14)11(12(8)15)13(19)17-6-5-16-7-9(2)18/h3-4,9,16,18H,5-7H2,1-2H3,(H,17,19). The number of halogens is 2. The van der Waals surface area contributed by atoms with E-state index in [9.17, 15) is 13.6 Å². The lowest BCUT2D eigenvalue weighted by Crippen LogP contribution is -2.35. The van der Waals surface area contributed by atoms with Gasteiger partial charge in [0.25, 0.3) is 5.91 Å². The van der Waals surface area contributed by atoms with Crippen molar-refractivity contribution in [3.8, 4) is 0 Å². The highest BCUT2D eigenvalue weighted by Gasteiger charge is 2.18. The van der Waals surface area contributed by atoms with E-state index in [0.717, 1.165) is 6.07 Å². The van der Waals surface area contributed by atoms with Crippen molar-refractivity contribution >= 4 is 5.91 Å². The molecule has 6 heteroatoms. The molecule has 0 spiro atoms. The predicted octanol–water partition coefficient (Wildman–Crippen LogP) is 0.973. The Morgan fingerprint density at radius 1 is 1.37 bits per heavy atom. The molecule has 106 valence electrons. The van der Waals surface area contributed by atoms with Crippen LogP contribution in [-0.4, -0.2) is 36.8 Å². The SMILES string of the molecule is Cc1ccc(F)c(C(=O)NCCNCC(C)O)c1F. The summed E-state index contributed by atoms with van der Waals surface area (Å²) < 4.78 is 27.1. The molecule has 1 unspecified atom stereocenters. The highest BCUT2D eigenvalue weighted by molar-refractivity contribution is 5.94. The molecule has 3 N–H and O–H groups in total. The monoisotopic (exact) mass is 272 g/mol. The second-order valence-corrected chi connectivity index (χ2v) is 4.36. The van der Waals surface area contributed by atoms with Crippen LogP contribution >= 0.6 is 0 Å². The Morgan fingerprint density at radius 3 is 2.68 bits per heavy atom. The first-order valence-electron chi connectivity index (χ1n) is 6.05. The summed E-state index contributed by atoms with van der Waals surface area (Å²) in [4.78, 5) is 11.7. The van der Waals surface area contributed by atoms with Crippen LogP contribution in [0.4, 0.5) is 8.78 Å². The molecule has 1 amide bonds. The van der Waals surface area contributed by atoms with Crippen LogP contribution in [0.25, 0.3) is 0 Å². The topological polar surface area (TPSA) is 61.4 Å². The fourth-order valence-electron chi connectivity index (χ4n) is 1.53. The molecule has 0 aromatic heterocycles. The van der Waals surface area contributed by atoms with Crippen LogP contribution in [0.3, 0.4) is 0 Å². The number of nitrogens with one attached hydrogen (secondary N) is 2. The zero-order chi connectivity index (χ0) is 14.4. The van der Waals surface area contributed by atoms with Gasteiger partial charge in [0.05, 0.1) is 6.10 Å². The molecular weight excluding hydrogens is 254 g/mol. The molecule has 0 aliphatic heterocycles. The number of hydrogen-bond acceptors (Lipinski definition) is 3. The Labute approximate surface area is 110 Å². The Kier molecular flexibility index (Phi) is 5.85. The van der Waals surface area contributed by atoms with Crippen molar-refractivity contribution in [3.05, 3.63) is 34.9 Å². The Bertz CT molecular complexity index is 451. The van der Waals surface area contributed by atoms with Gasteiger partial charge in [0, 0.05) is 19.6 Å². The van der Waals surface area contributed by atoms with E-state index in [1.807, 2.05) is 0 Å². The highest BCUT2D eigenvalue weighted by atomic mass is 19.1. The Balaban J connectivity index is 2.53. The van der Waals surface area contributed by atoms with Gasteiger partial charge < -0.3 is 15.7 Å². The molecule has 19 heavy (non-hydrogen) atoms. The number of hydrogen-bond donors (Lipinski definition) is 3.